The molecule has 0 radical (unpaired) electrons. The Balaban J connectivity index is 2.27. The molecule has 1 aliphatic heterocycles. The van der Waals surface area contributed by atoms with Gasteiger partial charge in [-0.3, -0.25) is 9.98 Å². The summed E-state index contributed by atoms with van der Waals surface area (Å²) < 4.78 is 13.3. The lowest BCUT2D eigenvalue weighted by atomic mass is 9.98. The van der Waals surface area contributed by atoms with Gasteiger partial charge in [-0.25, -0.2) is 0 Å². The number of likely N-dealkylation sites (tertiary alicyclic amines) is 1. The molecule has 2 rings (SSSR count). The average molecular weight is 431 g/mol. The fraction of sp³-hybridized carbons (Fsp3) is 0.391. The number of hydrogen-bond acceptors (Lipinski definition) is 6. The second-order valence-electron chi connectivity index (χ2n) is 7.32. The van der Waals surface area contributed by atoms with Crippen LogP contribution in [0.2, 0.25) is 0 Å². The van der Waals surface area contributed by atoms with E-state index < -0.39 is 0 Å². The van der Waals surface area contributed by atoms with E-state index in [0.717, 1.165) is 25.3 Å². The monoisotopic (exact) mass is 430 g/mol. The van der Waals surface area contributed by atoms with Gasteiger partial charge in [0.2, 0.25) is 0 Å². The highest BCUT2D eigenvalue weighted by atomic mass is 32.2. The number of hydrogen-bond donors (Lipinski definition) is 2. The van der Waals surface area contributed by atoms with Crippen molar-refractivity contribution in [3.8, 4) is 5.75 Å². The predicted molar refractivity (Wildman–Crippen MR) is 127 cm³/mol. The molecule has 162 valence electrons. The molecular formula is C23H31FN4OS. The van der Waals surface area contributed by atoms with E-state index in [0.29, 0.717) is 27.8 Å². The molecule has 1 heterocycles. The molecule has 1 atom stereocenters. The summed E-state index contributed by atoms with van der Waals surface area (Å²) in [5.74, 6) is 0.670. The second kappa shape index (κ2) is 12.2. The zero-order chi connectivity index (χ0) is 21.9. The van der Waals surface area contributed by atoms with E-state index >= 15 is 0 Å². The highest BCUT2D eigenvalue weighted by Crippen LogP contribution is 2.23. The molecule has 1 unspecified atom stereocenters. The molecule has 30 heavy (non-hydrogen) atoms. The molecule has 5 nitrogen and oxygen atoms in total. The van der Waals surface area contributed by atoms with Crippen LogP contribution in [0.1, 0.15) is 32.3 Å². The van der Waals surface area contributed by atoms with Gasteiger partial charge in [0.05, 0.1) is 28.5 Å². The first-order chi connectivity index (χ1) is 14.5. The number of rotatable bonds is 9. The van der Waals surface area contributed by atoms with Crippen LogP contribution in [-0.2, 0) is 0 Å². The van der Waals surface area contributed by atoms with Crippen molar-refractivity contribution in [2.45, 2.75) is 26.7 Å². The molecule has 0 aromatic heterocycles. The summed E-state index contributed by atoms with van der Waals surface area (Å²) in [5.41, 5.74) is 2.57. The molecule has 0 amide bonds. The first kappa shape index (κ1) is 23.7. The molecule has 1 saturated heterocycles. The van der Waals surface area contributed by atoms with Gasteiger partial charge in [0.25, 0.3) is 0 Å². The Hall–Kier alpha value is -2.54. The third-order valence-corrected chi connectivity index (χ3v) is 5.55. The van der Waals surface area contributed by atoms with Gasteiger partial charge in [0, 0.05) is 44.2 Å². The summed E-state index contributed by atoms with van der Waals surface area (Å²) in [5, 5.41) is 13.8. The summed E-state index contributed by atoms with van der Waals surface area (Å²) >= 11 is 0.106. The van der Waals surface area contributed by atoms with E-state index in [2.05, 4.69) is 26.8 Å². The third kappa shape index (κ3) is 7.06. The maximum atomic E-state index is 13.3. The Kier molecular flexibility index (Phi) is 9.67. The fourth-order valence-corrected chi connectivity index (χ4v) is 3.68. The number of allylic oxidation sites excluding steroid dienone is 4. The molecule has 1 aliphatic rings. The lowest BCUT2D eigenvalue weighted by Gasteiger charge is -2.32. The van der Waals surface area contributed by atoms with Crippen LogP contribution in [0.3, 0.4) is 0 Å². The molecule has 7 heteroatoms. The summed E-state index contributed by atoms with van der Waals surface area (Å²) in [4.78, 5) is 11.1. The first-order valence-electron chi connectivity index (χ1n) is 10.1. The van der Waals surface area contributed by atoms with Gasteiger partial charge in [-0.05, 0) is 57.0 Å². The van der Waals surface area contributed by atoms with Gasteiger partial charge < -0.3 is 15.3 Å². The Morgan fingerprint density at radius 2 is 2.17 bits per heavy atom. The van der Waals surface area contributed by atoms with Crippen LogP contribution in [-0.4, -0.2) is 48.6 Å². The Bertz CT molecular complexity index is 847. The zero-order valence-corrected chi connectivity index (χ0v) is 18.8. The molecule has 0 spiro atoms. The number of benzene rings is 1. The minimum Gasteiger partial charge on any atom is -0.507 e. The van der Waals surface area contributed by atoms with Crippen molar-refractivity contribution in [2.24, 2.45) is 15.9 Å². The summed E-state index contributed by atoms with van der Waals surface area (Å²) in [6, 6.07) is 7.01. The number of para-hydroxylation sites is 1. The van der Waals surface area contributed by atoms with E-state index in [1.165, 1.54) is 19.1 Å². The van der Waals surface area contributed by atoms with Gasteiger partial charge >= 0.3 is 0 Å². The predicted octanol–water partition coefficient (Wildman–Crippen LogP) is 5.08. The number of nitrogens with one attached hydrogen (secondary N) is 1. The average Bonchev–Trinajstić information content (AvgIpc) is 2.76. The maximum Gasteiger partial charge on any atom is 0.124 e. The van der Waals surface area contributed by atoms with E-state index in [4.69, 9.17) is 0 Å². The Labute approximate surface area is 183 Å². The van der Waals surface area contributed by atoms with Crippen LogP contribution in [0.5, 0.6) is 5.75 Å². The van der Waals surface area contributed by atoms with Crippen molar-refractivity contribution in [3.05, 3.63) is 65.0 Å². The van der Waals surface area contributed by atoms with E-state index in [1.54, 1.807) is 32.2 Å². The van der Waals surface area contributed by atoms with Crippen LogP contribution in [0.25, 0.3) is 0 Å². The van der Waals surface area contributed by atoms with Crippen molar-refractivity contribution in [1.82, 2.24) is 10.2 Å². The molecule has 1 aromatic carbocycles. The highest BCUT2D eigenvalue weighted by Gasteiger charge is 2.17. The third-order valence-electron chi connectivity index (χ3n) is 4.99. The number of halogens is 1. The smallest absolute Gasteiger partial charge is 0.124 e. The highest BCUT2D eigenvalue weighted by molar-refractivity contribution is 7.99. The van der Waals surface area contributed by atoms with Crippen molar-refractivity contribution >= 4 is 24.1 Å². The molecular weight excluding hydrogens is 399 g/mol. The topological polar surface area (TPSA) is 60.2 Å². The molecule has 0 bridgehead atoms. The number of piperidine rings is 1. The number of aliphatic imine (C=N–C) groups is 2. The largest absolute Gasteiger partial charge is 0.507 e. The molecule has 1 fully saturated rings. The lowest BCUT2D eigenvalue weighted by Crippen LogP contribution is -2.36. The SMILES string of the molecule is C=CN1CCCC(CN/C(C)=C/C(=N\C(C)=C(\C=NC)SF)c2ccccc2O)C1. The minimum absolute atomic E-state index is 0.106. The van der Waals surface area contributed by atoms with E-state index in [1.807, 2.05) is 25.3 Å². The number of phenols is 1. The quantitative estimate of drug-likeness (QED) is 0.537. The van der Waals surface area contributed by atoms with Crippen LogP contribution in [0.4, 0.5) is 3.89 Å². The number of nitrogens with zero attached hydrogens (tertiary/aromatic N) is 3. The molecule has 1 aromatic rings. The normalized spacial score (nSPS) is 19.1. The Morgan fingerprint density at radius 1 is 1.40 bits per heavy atom. The van der Waals surface area contributed by atoms with Gasteiger partial charge in [0.1, 0.15) is 5.75 Å². The number of aromatic hydroxyl groups is 1. The summed E-state index contributed by atoms with van der Waals surface area (Å²) in [7, 11) is 1.59. The summed E-state index contributed by atoms with van der Waals surface area (Å²) in [6.45, 7) is 10.5. The van der Waals surface area contributed by atoms with Crippen LogP contribution < -0.4 is 5.32 Å². The van der Waals surface area contributed by atoms with Crippen molar-refractivity contribution in [3.63, 3.8) is 0 Å². The van der Waals surface area contributed by atoms with Gasteiger partial charge in [-0.15, -0.1) is 0 Å². The van der Waals surface area contributed by atoms with Crippen molar-refractivity contribution < 1.29 is 8.99 Å². The molecule has 0 aliphatic carbocycles. The van der Waals surface area contributed by atoms with Gasteiger partial charge in [0.15, 0.2) is 0 Å². The first-order valence-corrected chi connectivity index (χ1v) is 10.8. The van der Waals surface area contributed by atoms with Crippen LogP contribution >= 0.6 is 12.1 Å². The van der Waals surface area contributed by atoms with Crippen molar-refractivity contribution in [1.29, 1.82) is 0 Å². The molecule has 2 N–H and O–H groups in total. The van der Waals surface area contributed by atoms with Crippen LogP contribution in [0, 0.1) is 5.92 Å². The maximum absolute atomic E-state index is 13.3. The summed E-state index contributed by atoms with van der Waals surface area (Å²) in [6.07, 6.45) is 7.58. The standard InChI is InChI=1S/C23H31FN4OS/c1-5-28-12-8-9-19(16-28)14-26-17(2)13-21(20-10-6-7-11-22(20)29)27-18(3)23(30-24)15-25-4/h5-7,10-11,13,15,19,26,29H,1,8-9,12,14,16H2,2-4H3/b17-13+,23-18-,25-15?,27-21+. The Morgan fingerprint density at radius 3 is 2.83 bits per heavy atom. The van der Waals surface area contributed by atoms with E-state index in [9.17, 15) is 8.99 Å². The van der Waals surface area contributed by atoms with Gasteiger partial charge in [-0.1, -0.05) is 18.7 Å². The fourth-order valence-electron chi connectivity index (χ4n) is 3.37. The zero-order valence-electron chi connectivity index (χ0n) is 17.9. The second-order valence-corrected chi connectivity index (χ2v) is 7.92. The minimum atomic E-state index is 0.106. The van der Waals surface area contributed by atoms with Gasteiger partial charge in [-0.2, -0.15) is 3.89 Å². The van der Waals surface area contributed by atoms with Crippen LogP contribution in [0.15, 0.2) is 69.4 Å². The molecule has 0 saturated carbocycles. The van der Waals surface area contributed by atoms with Crippen molar-refractivity contribution in [2.75, 3.05) is 26.7 Å². The lowest BCUT2D eigenvalue weighted by molar-refractivity contribution is 0.233. The van der Waals surface area contributed by atoms with E-state index in [-0.39, 0.29) is 17.9 Å². The number of phenolic OH excluding ortho intramolecular Hbond substituents is 1.